The largest absolute Gasteiger partial charge is 0.573 e. The van der Waals surface area contributed by atoms with Crippen molar-refractivity contribution in [3.05, 3.63) is 29.8 Å². The summed E-state index contributed by atoms with van der Waals surface area (Å²) >= 11 is 0. The van der Waals surface area contributed by atoms with Gasteiger partial charge < -0.3 is 14.8 Å². The van der Waals surface area contributed by atoms with Crippen LogP contribution in [0.15, 0.2) is 24.3 Å². The Morgan fingerprint density at radius 3 is 2.36 bits per heavy atom. The van der Waals surface area contributed by atoms with E-state index in [-0.39, 0.29) is 17.3 Å². The fraction of sp³-hybridized carbons (Fsp3) is 0.533. The molecule has 1 fully saturated rings. The van der Waals surface area contributed by atoms with Crippen molar-refractivity contribution in [1.82, 2.24) is 5.32 Å². The van der Waals surface area contributed by atoms with Gasteiger partial charge in [0.2, 0.25) is 0 Å². The maximum atomic E-state index is 12.1. The molecule has 1 aromatic carbocycles. The van der Waals surface area contributed by atoms with Gasteiger partial charge in [0.05, 0.1) is 13.5 Å². The molecule has 122 valence electrons. The summed E-state index contributed by atoms with van der Waals surface area (Å²) in [5.41, 5.74) is 0.569. The number of rotatable bonds is 6. The molecule has 4 nitrogen and oxygen atoms in total. The Morgan fingerprint density at radius 2 is 1.91 bits per heavy atom. The molecule has 1 aliphatic carbocycles. The van der Waals surface area contributed by atoms with Crippen LogP contribution < -0.4 is 10.1 Å². The van der Waals surface area contributed by atoms with Gasteiger partial charge in [-0.25, -0.2) is 0 Å². The molecule has 1 aliphatic rings. The number of alkyl halides is 3. The molecule has 0 amide bonds. The van der Waals surface area contributed by atoms with Crippen molar-refractivity contribution in [2.24, 2.45) is 0 Å². The molecule has 1 N–H and O–H groups in total. The third kappa shape index (κ3) is 4.62. The van der Waals surface area contributed by atoms with Gasteiger partial charge in [0.1, 0.15) is 5.75 Å². The van der Waals surface area contributed by atoms with E-state index in [0.717, 1.165) is 24.8 Å². The number of methoxy groups -OCH3 is 1. The zero-order chi connectivity index (χ0) is 16.2. The maximum absolute atomic E-state index is 12.1. The summed E-state index contributed by atoms with van der Waals surface area (Å²) in [5.74, 6) is -0.509. The smallest absolute Gasteiger partial charge is 0.469 e. The quantitative estimate of drug-likeness (QED) is 0.819. The second-order valence-electron chi connectivity index (χ2n) is 5.43. The van der Waals surface area contributed by atoms with E-state index in [4.69, 9.17) is 4.74 Å². The average Bonchev–Trinajstić information content (AvgIpc) is 2.41. The van der Waals surface area contributed by atoms with Crippen LogP contribution in [0.4, 0.5) is 13.2 Å². The van der Waals surface area contributed by atoms with Crippen molar-refractivity contribution in [1.29, 1.82) is 0 Å². The highest BCUT2D eigenvalue weighted by Gasteiger charge is 2.38. The highest BCUT2D eigenvalue weighted by atomic mass is 19.4. The Kier molecular flexibility index (Phi) is 4.95. The SMILES string of the molecule is COC(=O)CC1(NCc2ccc(OC(F)(F)F)cc2)CCC1. The molecule has 0 radical (unpaired) electrons. The summed E-state index contributed by atoms with van der Waals surface area (Å²) < 4.78 is 44.7. The van der Waals surface area contributed by atoms with Gasteiger partial charge >= 0.3 is 12.3 Å². The lowest BCUT2D eigenvalue weighted by atomic mass is 9.74. The topological polar surface area (TPSA) is 47.6 Å². The lowest BCUT2D eigenvalue weighted by Gasteiger charge is -2.42. The van der Waals surface area contributed by atoms with Crippen LogP contribution in [-0.4, -0.2) is 25.0 Å². The number of esters is 1. The molecule has 0 atom stereocenters. The summed E-state index contributed by atoms with van der Waals surface area (Å²) in [6.07, 6.45) is -1.56. The molecule has 0 aliphatic heterocycles. The first-order valence-electron chi connectivity index (χ1n) is 6.98. The van der Waals surface area contributed by atoms with Gasteiger partial charge in [-0.3, -0.25) is 4.79 Å². The highest BCUT2D eigenvalue weighted by Crippen LogP contribution is 2.35. The molecule has 0 aromatic heterocycles. The molecular weight excluding hydrogens is 299 g/mol. The molecule has 1 saturated carbocycles. The standard InChI is InChI=1S/C15H18F3NO3/c1-21-13(20)9-14(7-2-8-14)19-10-11-3-5-12(6-4-11)22-15(16,17)18/h3-6,19H,2,7-10H2,1H3. The summed E-state index contributed by atoms with van der Waals surface area (Å²) in [6.45, 7) is 0.475. The normalized spacial score (nSPS) is 16.7. The van der Waals surface area contributed by atoms with E-state index >= 15 is 0 Å². The zero-order valence-electron chi connectivity index (χ0n) is 12.2. The Bertz CT molecular complexity index is 510. The van der Waals surface area contributed by atoms with E-state index in [9.17, 15) is 18.0 Å². The number of nitrogens with one attached hydrogen (secondary N) is 1. The van der Waals surface area contributed by atoms with E-state index in [0.29, 0.717) is 13.0 Å². The Hall–Kier alpha value is -1.76. The van der Waals surface area contributed by atoms with Crippen molar-refractivity contribution in [3.63, 3.8) is 0 Å². The van der Waals surface area contributed by atoms with E-state index in [2.05, 4.69) is 10.1 Å². The second-order valence-corrected chi connectivity index (χ2v) is 5.43. The number of halogens is 3. The predicted molar refractivity (Wildman–Crippen MR) is 73.2 cm³/mol. The van der Waals surface area contributed by atoms with E-state index in [1.807, 2.05) is 0 Å². The molecule has 0 unspecified atom stereocenters. The summed E-state index contributed by atoms with van der Waals surface area (Å²) in [4.78, 5) is 11.4. The molecule has 0 bridgehead atoms. The number of hydrogen-bond donors (Lipinski definition) is 1. The fourth-order valence-electron chi connectivity index (χ4n) is 2.47. The van der Waals surface area contributed by atoms with Gasteiger partial charge in [0.25, 0.3) is 0 Å². The summed E-state index contributed by atoms with van der Waals surface area (Å²) in [5, 5.41) is 3.32. The maximum Gasteiger partial charge on any atom is 0.573 e. The first kappa shape index (κ1) is 16.6. The Labute approximate surface area is 126 Å². The number of ether oxygens (including phenoxy) is 2. The molecule has 2 rings (SSSR count). The number of carbonyl (C=O) groups is 1. The lowest BCUT2D eigenvalue weighted by molar-refractivity contribution is -0.274. The molecule has 22 heavy (non-hydrogen) atoms. The van der Waals surface area contributed by atoms with Crippen LogP contribution >= 0.6 is 0 Å². The number of hydrogen-bond acceptors (Lipinski definition) is 4. The molecular formula is C15H18F3NO3. The van der Waals surface area contributed by atoms with Crippen LogP contribution in [0.25, 0.3) is 0 Å². The van der Waals surface area contributed by atoms with Gasteiger partial charge in [0, 0.05) is 12.1 Å². The van der Waals surface area contributed by atoms with E-state index < -0.39 is 6.36 Å². The van der Waals surface area contributed by atoms with Gasteiger partial charge in [-0.2, -0.15) is 0 Å². The monoisotopic (exact) mass is 317 g/mol. The summed E-state index contributed by atoms with van der Waals surface area (Å²) in [6, 6.07) is 5.69. The molecule has 0 spiro atoms. The first-order valence-corrected chi connectivity index (χ1v) is 6.98. The molecule has 1 aromatic rings. The van der Waals surface area contributed by atoms with Crippen molar-refractivity contribution >= 4 is 5.97 Å². The van der Waals surface area contributed by atoms with Crippen LogP contribution in [-0.2, 0) is 16.1 Å². The average molecular weight is 317 g/mol. The van der Waals surface area contributed by atoms with Gasteiger partial charge in [-0.05, 0) is 37.0 Å². The molecule has 7 heteroatoms. The van der Waals surface area contributed by atoms with Crippen LogP contribution in [0, 0.1) is 0 Å². The van der Waals surface area contributed by atoms with Gasteiger partial charge in [0.15, 0.2) is 0 Å². The highest BCUT2D eigenvalue weighted by molar-refractivity contribution is 5.71. The minimum absolute atomic E-state index is 0.246. The Balaban J connectivity index is 1.89. The predicted octanol–water partition coefficient (Wildman–Crippen LogP) is 3.16. The van der Waals surface area contributed by atoms with E-state index in [1.54, 1.807) is 12.1 Å². The van der Waals surface area contributed by atoms with Crippen molar-refractivity contribution in [3.8, 4) is 5.75 Å². The number of benzene rings is 1. The fourth-order valence-corrected chi connectivity index (χ4v) is 2.47. The van der Waals surface area contributed by atoms with Crippen molar-refractivity contribution in [2.45, 2.75) is 44.1 Å². The van der Waals surface area contributed by atoms with Crippen LogP contribution in [0.3, 0.4) is 0 Å². The first-order chi connectivity index (χ1) is 10.3. The zero-order valence-corrected chi connectivity index (χ0v) is 12.2. The van der Waals surface area contributed by atoms with Crippen LogP contribution in [0.5, 0.6) is 5.75 Å². The summed E-state index contributed by atoms with van der Waals surface area (Å²) in [7, 11) is 1.36. The van der Waals surface area contributed by atoms with Crippen LogP contribution in [0.2, 0.25) is 0 Å². The third-order valence-electron chi connectivity index (χ3n) is 3.85. The second kappa shape index (κ2) is 6.56. The minimum atomic E-state index is -4.68. The number of carbonyl (C=O) groups excluding carboxylic acids is 1. The van der Waals surface area contributed by atoms with Gasteiger partial charge in [-0.15, -0.1) is 13.2 Å². The minimum Gasteiger partial charge on any atom is -0.469 e. The van der Waals surface area contributed by atoms with Crippen molar-refractivity contribution < 1.29 is 27.4 Å². The molecule has 0 heterocycles. The van der Waals surface area contributed by atoms with Crippen molar-refractivity contribution in [2.75, 3.05) is 7.11 Å². The van der Waals surface area contributed by atoms with Gasteiger partial charge in [-0.1, -0.05) is 12.1 Å². The molecule has 0 saturated heterocycles. The lowest BCUT2D eigenvalue weighted by Crippen LogP contribution is -2.52. The Morgan fingerprint density at radius 1 is 1.27 bits per heavy atom. The van der Waals surface area contributed by atoms with E-state index in [1.165, 1.54) is 19.2 Å². The van der Waals surface area contributed by atoms with Crippen LogP contribution in [0.1, 0.15) is 31.2 Å². The third-order valence-corrected chi connectivity index (χ3v) is 3.85.